The first-order chi connectivity index (χ1) is 6.61. The van der Waals surface area contributed by atoms with Crippen LogP contribution < -0.4 is 0 Å². The Kier molecular flexibility index (Phi) is 11.1. The van der Waals surface area contributed by atoms with Crippen LogP contribution in [0.25, 0.3) is 0 Å². The second-order valence-electron chi connectivity index (χ2n) is 3.13. The van der Waals surface area contributed by atoms with Crippen LogP contribution >= 0.6 is 0 Å². The van der Waals surface area contributed by atoms with E-state index in [0.29, 0.717) is 5.92 Å². The fourth-order valence-electron chi connectivity index (χ4n) is 0.899. The molecule has 14 heavy (non-hydrogen) atoms. The molecule has 0 saturated carbocycles. The van der Waals surface area contributed by atoms with Crippen molar-refractivity contribution >= 4 is 0 Å². The van der Waals surface area contributed by atoms with Gasteiger partial charge in [0.25, 0.3) is 0 Å². The highest BCUT2D eigenvalue weighted by Gasteiger charge is 2.02. The standard InChI is InChI=1S/C12H18.C2H6/c1-6-8-12(7-2)9-11(5)10(3)4;1-2/h6-8,11H,1-3,9H2,4-5H3;1-2H3/b12-8+;/t11-;/m0./s1. The van der Waals surface area contributed by atoms with Crippen LogP contribution in [0.3, 0.4) is 0 Å². The van der Waals surface area contributed by atoms with Crippen LogP contribution in [0, 0.1) is 5.92 Å². The average molecular weight is 192 g/mol. The number of hydrogen-bond donors (Lipinski definition) is 0. The summed E-state index contributed by atoms with van der Waals surface area (Å²) in [6.45, 7) is 19.5. The predicted molar refractivity (Wildman–Crippen MR) is 68.4 cm³/mol. The number of allylic oxidation sites excluding steroid dienone is 5. The molecule has 80 valence electrons. The molecule has 0 aliphatic heterocycles. The number of hydrogen-bond acceptors (Lipinski definition) is 0. The van der Waals surface area contributed by atoms with Gasteiger partial charge in [0.2, 0.25) is 0 Å². The van der Waals surface area contributed by atoms with Gasteiger partial charge in [-0.15, -0.1) is 0 Å². The Hall–Kier alpha value is -1.04. The fourth-order valence-corrected chi connectivity index (χ4v) is 0.899. The fraction of sp³-hybridized carbons (Fsp3) is 0.429. The Labute approximate surface area is 89.7 Å². The van der Waals surface area contributed by atoms with Gasteiger partial charge in [-0.05, 0) is 24.8 Å². The van der Waals surface area contributed by atoms with Gasteiger partial charge in [-0.2, -0.15) is 0 Å². The molecule has 0 aliphatic carbocycles. The van der Waals surface area contributed by atoms with E-state index >= 15 is 0 Å². The van der Waals surface area contributed by atoms with Crippen molar-refractivity contribution in [3.63, 3.8) is 0 Å². The monoisotopic (exact) mass is 192 g/mol. The van der Waals surface area contributed by atoms with Gasteiger partial charge in [-0.25, -0.2) is 0 Å². The SMILES string of the molecule is C=C/C=C(\C=C)C[C@H](C)C(=C)C.CC. The van der Waals surface area contributed by atoms with Crippen molar-refractivity contribution in [2.75, 3.05) is 0 Å². The van der Waals surface area contributed by atoms with Crippen molar-refractivity contribution in [2.24, 2.45) is 5.92 Å². The van der Waals surface area contributed by atoms with E-state index in [1.807, 2.05) is 26.0 Å². The van der Waals surface area contributed by atoms with Gasteiger partial charge in [0, 0.05) is 0 Å². The van der Waals surface area contributed by atoms with Crippen LogP contribution in [-0.4, -0.2) is 0 Å². The maximum atomic E-state index is 3.92. The lowest BCUT2D eigenvalue weighted by molar-refractivity contribution is 0.683. The zero-order valence-corrected chi connectivity index (χ0v) is 10.1. The van der Waals surface area contributed by atoms with Crippen molar-refractivity contribution in [1.29, 1.82) is 0 Å². The lowest BCUT2D eigenvalue weighted by Gasteiger charge is -2.10. The molecule has 0 heterocycles. The van der Waals surface area contributed by atoms with Gasteiger partial charge in [0.15, 0.2) is 0 Å². The molecule has 0 bridgehead atoms. The van der Waals surface area contributed by atoms with E-state index in [9.17, 15) is 0 Å². The van der Waals surface area contributed by atoms with Gasteiger partial charge in [0.05, 0.1) is 0 Å². The van der Waals surface area contributed by atoms with Crippen molar-refractivity contribution in [2.45, 2.75) is 34.1 Å². The molecule has 0 nitrogen and oxygen atoms in total. The van der Waals surface area contributed by atoms with Crippen LogP contribution in [0.4, 0.5) is 0 Å². The highest BCUT2D eigenvalue weighted by Crippen LogP contribution is 2.18. The predicted octanol–water partition coefficient (Wildman–Crippen LogP) is 4.91. The molecule has 0 fully saturated rings. The molecule has 0 heteroatoms. The zero-order valence-electron chi connectivity index (χ0n) is 10.1. The Bertz CT molecular complexity index is 206. The first kappa shape index (κ1) is 15.4. The summed E-state index contributed by atoms with van der Waals surface area (Å²) in [4.78, 5) is 0. The Morgan fingerprint density at radius 3 is 2.07 bits per heavy atom. The van der Waals surface area contributed by atoms with E-state index in [1.165, 1.54) is 11.1 Å². The summed E-state index contributed by atoms with van der Waals surface area (Å²) < 4.78 is 0. The Balaban J connectivity index is 0. The molecule has 0 unspecified atom stereocenters. The molecule has 1 atom stereocenters. The second-order valence-corrected chi connectivity index (χ2v) is 3.13. The molecule has 0 N–H and O–H groups in total. The molecule has 0 aliphatic rings. The van der Waals surface area contributed by atoms with Gasteiger partial charge in [0.1, 0.15) is 0 Å². The summed E-state index contributed by atoms with van der Waals surface area (Å²) in [7, 11) is 0. The lowest BCUT2D eigenvalue weighted by atomic mass is 9.95. The van der Waals surface area contributed by atoms with E-state index < -0.39 is 0 Å². The van der Waals surface area contributed by atoms with Crippen LogP contribution in [-0.2, 0) is 0 Å². The van der Waals surface area contributed by atoms with Gasteiger partial charge in [-0.1, -0.05) is 64.3 Å². The Morgan fingerprint density at radius 1 is 1.29 bits per heavy atom. The molecule has 0 spiro atoms. The van der Waals surface area contributed by atoms with Gasteiger partial charge in [-0.3, -0.25) is 0 Å². The molecule has 0 amide bonds. The third kappa shape index (κ3) is 7.60. The second kappa shape index (κ2) is 10.0. The summed E-state index contributed by atoms with van der Waals surface area (Å²) in [6.07, 6.45) is 6.67. The van der Waals surface area contributed by atoms with Crippen LogP contribution in [0.2, 0.25) is 0 Å². The first-order valence-electron chi connectivity index (χ1n) is 5.21. The summed E-state index contributed by atoms with van der Waals surface area (Å²) in [5.74, 6) is 0.522. The summed E-state index contributed by atoms with van der Waals surface area (Å²) in [6, 6.07) is 0. The van der Waals surface area contributed by atoms with E-state index in [4.69, 9.17) is 0 Å². The lowest BCUT2D eigenvalue weighted by Crippen LogP contribution is -1.96. The van der Waals surface area contributed by atoms with Crippen molar-refractivity contribution in [3.8, 4) is 0 Å². The normalized spacial score (nSPS) is 12.1. The minimum atomic E-state index is 0.522. The third-order valence-corrected chi connectivity index (χ3v) is 1.98. The van der Waals surface area contributed by atoms with E-state index in [2.05, 4.69) is 33.6 Å². The number of rotatable bonds is 5. The maximum absolute atomic E-state index is 3.92. The minimum absolute atomic E-state index is 0.522. The van der Waals surface area contributed by atoms with Crippen LogP contribution in [0.1, 0.15) is 34.1 Å². The van der Waals surface area contributed by atoms with E-state index in [0.717, 1.165) is 6.42 Å². The topological polar surface area (TPSA) is 0 Å². The summed E-state index contributed by atoms with van der Waals surface area (Å²) in [5.41, 5.74) is 2.44. The van der Waals surface area contributed by atoms with Gasteiger partial charge < -0.3 is 0 Å². The Morgan fingerprint density at radius 2 is 1.79 bits per heavy atom. The molecule has 0 aromatic carbocycles. The largest absolute Gasteiger partial charge is 0.0999 e. The summed E-state index contributed by atoms with van der Waals surface area (Å²) in [5, 5.41) is 0. The van der Waals surface area contributed by atoms with Crippen molar-refractivity contribution in [3.05, 3.63) is 49.1 Å². The molecular weight excluding hydrogens is 168 g/mol. The third-order valence-electron chi connectivity index (χ3n) is 1.98. The minimum Gasteiger partial charge on any atom is -0.0999 e. The highest BCUT2D eigenvalue weighted by molar-refractivity contribution is 5.22. The van der Waals surface area contributed by atoms with E-state index in [-0.39, 0.29) is 0 Å². The quantitative estimate of drug-likeness (QED) is 0.429. The van der Waals surface area contributed by atoms with Crippen LogP contribution in [0.5, 0.6) is 0 Å². The molecule has 0 saturated heterocycles. The molecular formula is C14H24. The van der Waals surface area contributed by atoms with Crippen molar-refractivity contribution < 1.29 is 0 Å². The smallest absolute Gasteiger partial charge is 0.0197 e. The molecule has 0 aromatic heterocycles. The first-order valence-corrected chi connectivity index (χ1v) is 5.21. The summed E-state index contributed by atoms with van der Waals surface area (Å²) >= 11 is 0. The molecule has 0 radical (unpaired) electrons. The van der Waals surface area contributed by atoms with Crippen molar-refractivity contribution in [1.82, 2.24) is 0 Å². The maximum Gasteiger partial charge on any atom is -0.0197 e. The molecule has 0 rings (SSSR count). The highest BCUT2D eigenvalue weighted by atomic mass is 14.1. The van der Waals surface area contributed by atoms with E-state index in [1.54, 1.807) is 6.08 Å². The average Bonchev–Trinajstić information content (AvgIpc) is 2.19. The zero-order chi connectivity index (χ0) is 11.6. The van der Waals surface area contributed by atoms with Crippen LogP contribution in [0.15, 0.2) is 49.1 Å². The molecule has 0 aromatic rings. The van der Waals surface area contributed by atoms with Gasteiger partial charge >= 0.3 is 0 Å².